The third-order valence-corrected chi connectivity index (χ3v) is 2.42. The maximum Gasteiger partial charge on any atom is 0.335 e. The number of carbonyl (C=O) groups is 1. The molecule has 1 aromatic carbocycles. The van der Waals surface area contributed by atoms with Gasteiger partial charge in [-0.3, -0.25) is 0 Å². The second kappa shape index (κ2) is 3.89. The number of halogens is 1. The molecule has 0 unspecified atom stereocenters. The van der Waals surface area contributed by atoms with E-state index in [1.54, 1.807) is 18.2 Å². The van der Waals surface area contributed by atoms with Crippen molar-refractivity contribution in [2.45, 2.75) is 13.0 Å². The van der Waals surface area contributed by atoms with Crippen LogP contribution in [0.4, 0.5) is 0 Å². The van der Waals surface area contributed by atoms with E-state index in [-0.39, 0.29) is 11.6 Å². The Morgan fingerprint density at radius 2 is 2.23 bits per heavy atom. The summed E-state index contributed by atoms with van der Waals surface area (Å²) in [5, 5.41) is 8.69. The van der Waals surface area contributed by atoms with Crippen LogP contribution in [0.5, 0.6) is 0 Å². The molecular formula is C9H10BrNO2. The van der Waals surface area contributed by atoms with Crippen molar-refractivity contribution in [3.63, 3.8) is 0 Å². The standard InChI is InChI=1S/C9H10BrNO2/c1-5(11)7-3-2-6(9(12)13)4-8(7)10/h2-5H,11H2,1H3,(H,12,13)/t5-/m1/s1. The van der Waals surface area contributed by atoms with Crippen LogP contribution >= 0.6 is 15.9 Å². The van der Waals surface area contributed by atoms with Gasteiger partial charge in [0.2, 0.25) is 0 Å². The van der Waals surface area contributed by atoms with Crippen LogP contribution in [0.25, 0.3) is 0 Å². The summed E-state index contributed by atoms with van der Waals surface area (Å²) in [6.45, 7) is 1.85. The average Bonchev–Trinajstić information content (AvgIpc) is 2.03. The summed E-state index contributed by atoms with van der Waals surface area (Å²) in [6.07, 6.45) is 0. The van der Waals surface area contributed by atoms with Crippen molar-refractivity contribution in [1.82, 2.24) is 0 Å². The van der Waals surface area contributed by atoms with Gasteiger partial charge in [0.15, 0.2) is 0 Å². The zero-order valence-electron chi connectivity index (χ0n) is 7.12. The van der Waals surface area contributed by atoms with Crippen LogP contribution in [0.15, 0.2) is 22.7 Å². The lowest BCUT2D eigenvalue weighted by Gasteiger charge is -2.08. The first-order valence-electron chi connectivity index (χ1n) is 3.80. The molecule has 1 aromatic rings. The molecule has 1 rings (SSSR count). The van der Waals surface area contributed by atoms with Crippen molar-refractivity contribution in [1.29, 1.82) is 0 Å². The maximum absolute atomic E-state index is 10.6. The van der Waals surface area contributed by atoms with Gasteiger partial charge in [-0.2, -0.15) is 0 Å². The van der Waals surface area contributed by atoms with Crippen molar-refractivity contribution in [2.75, 3.05) is 0 Å². The molecule has 0 fully saturated rings. The Balaban J connectivity index is 3.13. The van der Waals surface area contributed by atoms with E-state index in [1.165, 1.54) is 0 Å². The number of aromatic carboxylic acids is 1. The van der Waals surface area contributed by atoms with E-state index >= 15 is 0 Å². The second-order valence-electron chi connectivity index (χ2n) is 2.83. The van der Waals surface area contributed by atoms with Crippen molar-refractivity contribution in [3.8, 4) is 0 Å². The number of carboxylic acid groups (broad SMARTS) is 1. The van der Waals surface area contributed by atoms with E-state index in [4.69, 9.17) is 10.8 Å². The van der Waals surface area contributed by atoms with Gasteiger partial charge in [-0.25, -0.2) is 4.79 Å². The van der Waals surface area contributed by atoms with Gasteiger partial charge in [0.05, 0.1) is 5.56 Å². The minimum Gasteiger partial charge on any atom is -0.478 e. The molecule has 1 atom stereocenters. The molecule has 0 spiro atoms. The third-order valence-electron chi connectivity index (χ3n) is 1.74. The average molecular weight is 244 g/mol. The fraction of sp³-hybridized carbons (Fsp3) is 0.222. The summed E-state index contributed by atoms with van der Waals surface area (Å²) in [7, 11) is 0. The van der Waals surface area contributed by atoms with E-state index in [0.29, 0.717) is 0 Å². The largest absolute Gasteiger partial charge is 0.478 e. The topological polar surface area (TPSA) is 63.3 Å². The molecule has 4 heteroatoms. The molecule has 0 aliphatic heterocycles. The van der Waals surface area contributed by atoms with Gasteiger partial charge < -0.3 is 10.8 Å². The highest BCUT2D eigenvalue weighted by Crippen LogP contribution is 2.23. The minimum atomic E-state index is -0.933. The number of rotatable bonds is 2. The molecule has 0 heterocycles. The van der Waals surface area contributed by atoms with E-state index in [9.17, 15) is 4.79 Å². The predicted molar refractivity (Wildman–Crippen MR) is 53.7 cm³/mol. The van der Waals surface area contributed by atoms with E-state index < -0.39 is 5.97 Å². The Bertz CT molecular complexity index is 336. The number of hydrogen-bond donors (Lipinski definition) is 2. The monoisotopic (exact) mass is 243 g/mol. The van der Waals surface area contributed by atoms with Crippen LogP contribution in [-0.2, 0) is 0 Å². The lowest BCUT2D eigenvalue weighted by atomic mass is 10.1. The lowest BCUT2D eigenvalue weighted by molar-refractivity contribution is 0.0697. The fourth-order valence-electron chi connectivity index (χ4n) is 1.03. The molecule has 13 heavy (non-hydrogen) atoms. The Labute approximate surface area is 84.7 Å². The number of benzene rings is 1. The van der Waals surface area contributed by atoms with Gasteiger partial charge in [-0.05, 0) is 24.6 Å². The first-order valence-corrected chi connectivity index (χ1v) is 4.60. The normalized spacial score (nSPS) is 12.5. The Kier molecular flexibility index (Phi) is 3.06. The summed E-state index contributed by atoms with van der Waals surface area (Å²) in [4.78, 5) is 10.6. The highest BCUT2D eigenvalue weighted by molar-refractivity contribution is 9.10. The van der Waals surface area contributed by atoms with Crippen molar-refractivity contribution in [2.24, 2.45) is 5.73 Å². The molecule has 0 aliphatic carbocycles. The molecule has 0 saturated heterocycles. The van der Waals surface area contributed by atoms with Crippen LogP contribution in [0.2, 0.25) is 0 Å². The van der Waals surface area contributed by atoms with Gasteiger partial charge in [-0.1, -0.05) is 22.0 Å². The zero-order chi connectivity index (χ0) is 10.0. The summed E-state index contributed by atoms with van der Waals surface area (Å²) < 4.78 is 0.738. The maximum atomic E-state index is 10.6. The summed E-state index contributed by atoms with van der Waals surface area (Å²) in [5.41, 5.74) is 6.83. The number of carboxylic acids is 1. The highest BCUT2D eigenvalue weighted by Gasteiger charge is 2.08. The van der Waals surface area contributed by atoms with Crippen molar-refractivity contribution in [3.05, 3.63) is 33.8 Å². The molecule has 0 saturated carbocycles. The number of nitrogens with two attached hydrogens (primary N) is 1. The first kappa shape index (κ1) is 10.2. The second-order valence-corrected chi connectivity index (χ2v) is 3.68. The zero-order valence-corrected chi connectivity index (χ0v) is 8.71. The molecule has 0 radical (unpaired) electrons. The smallest absolute Gasteiger partial charge is 0.335 e. The molecular weight excluding hydrogens is 234 g/mol. The van der Waals surface area contributed by atoms with Crippen LogP contribution < -0.4 is 5.73 Å². The molecule has 3 nitrogen and oxygen atoms in total. The van der Waals surface area contributed by atoms with E-state index in [2.05, 4.69) is 15.9 Å². The third kappa shape index (κ3) is 2.29. The SMILES string of the molecule is C[C@@H](N)c1ccc(C(=O)O)cc1Br. The van der Waals surface area contributed by atoms with E-state index in [1.807, 2.05) is 6.92 Å². The quantitative estimate of drug-likeness (QED) is 0.837. The number of hydrogen-bond acceptors (Lipinski definition) is 2. The molecule has 3 N–H and O–H groups in total. The van der Waals surface area contributed by atoms with Crippen LogP contribution in [-0.4, -0.2) is 11.1 Å². The van der Waals surface area contributed by atoms with Gasteiger partial charge in [0, 0.05) is 10.5 Å². The Morgan fingerprint density at radius 3 is 2.62 bits per heavy atom. The summed E-state index contributed by atoms with van der Waals surface area (Å²) >= 11 is 3.27. The van der Waals surface area contributed by atoms with Crippen LogP contribution in [0.3, 0.4) is 0 Å². The van der Waals surface area contributed by atoms with Crippen molar-refractivity contribution >= 4 is 21.9 Å². The Morgan fingerprint density at radius 1 is 1.62 bits per heavy atom. The lowest BCUT2D eigenvalue weighted by Crippen LogP contribution is -2.06. The van der Waals surface area contributed by atoms with Gasteiger partial charge in [0.1, 0.15) is 0 Å². The van der Waals surface area contributed by atoms with Gasteiger partial charge in [0.25, 0.3) is 0 Å². The summed E-state index contributed by atoms with van der Waals surface area (Å²) in [6, 6.07) is 4.72. The van der Waals surface area contributed by atoms with Crippen LogP contribution in [0.1, 0.15) is 28.9 Å². The molecule has 0 bridgehead atoms. The predicted octanol–water partition coefficient (Wildman–Crippen LogP) is 2.17. The van der Waals surface area contributed by atoms with Crippen molar-refractivity contribution < 1.29 is 9.90 Å². The molecule has 70 valence electrons. The highest BCUT2D eigenvalue weighted by atomic mass is 79.9. The molecule has 0 aliphatic rings. The van der Waals surface area contributed by atoms with Gasteiger partial charge >= 0.3 is 5.97 Å². The van der Waals surface area contributed by atoms with E-state index in [0.717, 1.165) is 10.0 Å². The minimum absolute atomic E-state index is 0.0998. The van der Waals surface area contributed by atoms with Crippen LogP contribution in [0, 0.1) is 0 Å². The Hall–Kier alpha value is -0.870. The molecule has 0 aromatic heterocycles. The first-order chi connectivity index (χ1) is 6.02. The molecule has 0 amide bonds. The van der Waals surface area contributed by atoms with Gasteiger partial charge in [-0.15, -0.1) is 0 Å². The summed E-state index contributed by atoms with van der Waals surface area (Å²) in [5.74, 6) is -0.933. The fourth-order valence-corrected chi connectivity index (χ4v) is 1.77.